The van der Waals surface area contributed by atoms with Crippen LogP contribution in [0.3, 0.4) is 0 Å². The normalized spacial score (nSPS) is 21.9. The van der Waals surface area contributed by atoms with Gasteiger partial charge in [-0.25, -0.2) is 0 Å². The van der Waals surface area contributed by atoms with Crippen molar-refractivity contribution in [2.45, 2.75) is 296 Å². The molecule has 0 spiro atoms. The van der Waals surface area contributed by atoms with Gasteiger partial charge in [-0.15, -0.1) is 0 Å². The van der Waals surface area contributed by atoms with Crippen molar-refractivity contribution in [2.24, 2.45) is 0 Å². The van der Waals surface area contributed by atoms with Crippen molar-refractivity contribution in [3.05, 3.63) is 108 Å². The molecule has 37 nitrogen and oxygen atoms in total. The number of ether oxygens (including phenoxy) is 15. The zero-order valence-electron chi connectivity index (χ0n) is 75.7. The van der Waals surface area contributed by atoms with Crippen LogP contribution < -0.4 is 26.6 Å². The second-order valence-corrected chi connectivity index (χ2v) is 31.7. The van der Waals surface area contributed by atoms with Crippen molar-refractivity contribution in [1.29, 1.82) is 0 Å². The molecular weight excluding hydrogens is 1670 g/mol. The van der Waals surface area contributed by atoms with E-state index in [0.29, 0.717) is 129 Å². The number of nitrogens with one attached hydrogen (secondary N) is 5. The van der Waals surface area contributed by atoms with Gasteiger partial charge in [0.15, 0.2) is 55.5 Å². The minimum atomic E-state index is -1.30. The topological polar surface area (TPSA) is 461 Å². The molecule has 3 aromatic rings. The molecule has 3 aromatic carbocycles. The fourth-order valence-electron chi connectivity index (χ4n) is 15.8. The molecule has 15 atom stereocenters. The minimum Gasteiger partial charge on any atom is -0.463 e. The van der Waals surface area contributed by atoms with Gasteiger partial charge in [0.05, 0.1) is 5.54 Å². The molecule has 3 aliphatic heterocycles. The molecule has 0 bridgehead atoms. The first-order valence-electron chi connectivity index (χ1n) is 44.0. The zero-order valence-corrected chi connectivity index (χ0v) is 75.7. The van der Waals surface area contributed by atoms with E-state index < -0.39 is 176 Å². The van der Waals surface area contributed by atoms with Crippen LogP contribution in [0.4, 0.5) is 0 Å². The summed E-state index contributed by atoms with van der Waals surface area (Å²) in [4.78, 5) is 194. The van der Waals surface area contributed by atoms with E-state index in [9.17, 15) is 71.9 Å². The zero-order chi connectivity index (χ0) is 93.7. The molecule has 3 fully saturated rings. The van der Waals surface area contributed by atoms with Gasteiger partial charge in [0.2, 0.25) is 35.4 Å². The Labute approximate surface area is 748 Å². The molecule has 8 unspecified atom stereocenters. The highest BCUT2D eigenvalue weighted by atomic mass is 16.7. The summed E-state index contributed by atoms with van der Waals surface area (Å²) in [6, 6.07) is 27.2. The van der Waals surface area contributed by atoms with E-state index in [1.807, 2.05) is 59.5 Å². The fourth-order valence-corrected chi connectivity index (χ4v) is 15.8. The van der Waals surface area contributed by atoms with Crippen LogP contribution in [0.25, 0.3) is 0 Å². The van der Waals surface area contributed by atoms with Crippen molar-refractivity contribution in [3.8, 4) is 0 Å². The average molecular weight is 1800 g/mol. The summed E-state index contributed by atoms with van der Waals surface area (Å²) in [6.07, 6.45) is -5.93. The molecule has 0 aliphatic carbocycles. The standard InChI is InChI=1S/C91H131N7O30/c1-58(99)94-79-85(123-67(10)108)82(120-64(7)105)73(55-117-61(4)102)126-88(79)114-52-31-16-13-28-43-76(111)92-46-34-48-97(78(113)45-30-15-18-33-54-116-90-81(96-60(3)101)87(125-69(12)110)84(122-66(9)107)75(128-90)57-119-63(6)104)49-36-51-98(91(70-37-22-19-23-38-70,71-39-24-20-25-40-71)72-41-26-21-27-42-72)50-35-47-93-77(112)44-29-14-17-32-53-115-89-80(95-59(2)100)86(124-68(11)109)83(121-65(8)106)74(127-89)56-118-62(5)103/h19-27,37-42,73-75,79-90H,13-18,28-36,43-57H2,1-12H3,(H,92,111)(H,93,112)(H,94,99)(H,95,100)(H,96,101)/t73?,74?,75?,79?,80-,81?,82-,83-,84-,85?,86?,87?,88+,89+,90+/m0/s1. The van der Waals surface area contributed by atoms with Gasteiger partial charge in [-0.3, -0.25) is 76.8 Å². The maximum absolute atomic E-state index is 14.8. The highest BCUT2D eigenvalue weighted by Gasteiger charge is 2.55. The van der Waals surface area contributed by atoms with Crippen LogP contribution in [0, 0.1) is 0 Å². The Kier molecular flexibility index (Phi) is 47.0. The summed E-state index contributed by atoms with van der Waals surface area (Å²) >= 11 is 0. The molecule has 5 N–H and O–H groups in total. The predicted octanol–water partition coefficient (Wildman–Crippen LogP) is 6.38. The molecule has 710 valence electrons. The second kappa shape index (κ2) is 56.7. The SMILES string of the molecule is CC(=O)NC1C(OC(C)=O)[C@@H](OC(C)=O)C(COC(C)=O)O[C@H]1OCCCCCCC(=O)NCCCN(CCCN(CCCNC(=O)CCCCCCO[C@@H]1OC(COC(C)=O)[C@H](OC(C)=O)C(OC(C)=O)[C@@H]1NC(C)=O)C(c1ccccc1)(c1ccccc1)c1ccccc1)C(=O)CCCCCCO[C@@H]1OC(COC(C)=O)[C@H](OC(C)=O)C(OC(C)=O)C1NC(C)=O. The van der Waals surface area contributed by atoms with Crippen molar-refractivity contribution in [1.82, 2.24) is 36.4 Å². The number of nitrogens with zero attached hydrogens (tertiary/aromatic N) is 2. The first kappa shape index (κ1) is 106. The van der Waals surface area contributed by atoms with Crippen molar-refractivity contribution in [2.75, 3.05) is 78.9 Å². The summed E-state index contributed by atoms with van der Waals surface area (Å²) in [7, 11) is 0. The highest BCUT2D eigenvalue weighted by molar-refractivity contribution is 5.78. The number of amides is 6. The molecule has 0 aromatic heterocycles. The highest BCUT2D eigenvalue weighted by Crippen LogP contribution is 2.43. The quantitative estimate of drug-likeness (QED) is 0.0177. The van der Waals surface area contributed by atoms with Crippen molar-refractivity contribution >= 4 is 89.2 Å². The van der Waals surface area contributed by atoms with Crippen LogP contribution in [-0.2, 0) is 149 Å². The number of carbonyl (C=O) groups is 15. The summed E-state index contributed by atoms with van der Waals surface area (Å²) < 4.78 is 85.9. The second-order valence-electron chi connectivity index (χ2n) is 31.7. The molecule has 37 heteroatoms. The first-order chi connectivity index (χ1) is 61.2. The van der Waals surface area contributed by atoms with Gasteiger partial charge in [-0.2, -0.15) is 0 Å². The lowest BCUT2D eigenvalue weighted by Gasteiger charge is -2.46. The average Bonchev–Trinajstić information content (AvgIpc) is 0.745. The van der Waals surface area contributed by atoms with Gasteiger partial charge in [-0.05, 0) is 74.5 Å². The third-order valence-electron chi connectivity index (χ3n) is 21.1. The Hall–Kier alpha value is -10.6. The van der Waals surface area contributed by atoms with Gasteiger partial charge in [-0.1, -0.05) is 130 Å². The maximum Gasteiger partial charge on any atom is 0.303 e. The van der Waals surface area contributed by atoms with E-state index in [4.69, 9.17) is 71.1 Å². The van der Waals surface area contributed by atoms with E-state index in [0.717, 1.165) is 58.2 Å². The molecule has 3 saturated heterocycles. The van der Waals surface area contributed by atoms with Crippen molar-refractivity contribution < 1.29 is 143 Å². The molecule has 3 aliphatic rings. The van der Waals surface area contributed by atoms with Gasteiger partial charge >= 0.3 is 53.7 Å². The molecular formula is C91H131N7O30. The van der Waals surface area contributed by atoms with Crippen LogP contribution in [0.15, 0.2) is 91.0 Å². The summed E-state index contributed by atoms with van der Waals surface area (Å²) in [6.45, 7) is 15.6. The Bertz CT molecular complexity index is 3940. The lowest BCUT2D eigenvalue weighted by molar-refractivity contribution is -0.277. The molecule has 6 rings (SSSR count). The van der Waals surface area contributed by atoms with E-state index in [-0.39, 0.29) is 76.6 Å². The van der Waals surface area contributed by atoms with Crippen LogP contribution >= 0.6 is 0 Å². The summed E-state index contributed by atoms with van der Waals surface area (Å²) in [5.41, 5.74) is 2.08. The minimum absolute atomic E-state index is 0.0815. The van der Waals surface area contributed by atoms with Gasteiger partial charge < -0.3 is 103 Å². The van der Waals surface area contributed by atoms with E-state index in [1.165, 1.54) is 41.5 Å². The predicted molar refractivity (Wildman–Crippen MR) is 456 cm³/mol. The molecule has 0 radical (unpaired) electrons. The van der Waals surface area contributed by atoms with Crippen LogP contribution in [0.1, 0.15) is 215 Å². The van der Waals surface area contributed by atoms with E-state index >= 15 is 0 Å². The Morgan fingerprint density at radius 1 is 0.312 bits per heavy atom. The van der Waals surface area contributed by atoms with Crippen LogP contribution in [0.5, 0.6) is 0 Å². The number of carbonyl (C=O) groups excluding carboxylic acids is 15. The van der Waals surface area contributed by atoms with Gasteiger partial charge in [0, 0.05) is 161 Å². The number of rotatable bonds is 55. The third-order valence-corrected chi connectivity index (χ3v) is 21.1. The number of benzene rings is 3. The molecule has 0 saturated carbocycles. The van der Waals surface area contributed by atoms with Gasteiger partial charge in [0.1, 0.15) is 56.3 Å². The smallest absolute Gasteiger partial charge is 0.303 e. The third kappa shape index (κ3) is 36.9. The number of unbranched alkanes of at least 4 members (excludes halogenated alkanes) is 9. The number of hydrogen-bond donors (Lipinski definition) is 5. The van der Waals surface area contributed by atoms with E-state index in [1.54, 1.807) is 0 Å². The van der Waals surface area contributed by atoms with Crippen molar-refractivity contribution in [3.63, 3.8) is 0 Å². The Morgan fingerprint density at radius 2 is 0.586 bits per heavy atom. The Morgan fingerprint density at radius 3 is 0.883 bits per heavy atom. The monoisotopic (exact) mass is 1800 g/mol. The lowest BCUT2D eigenvalue weighted by atomic mass is 9.75. The summed E-state index contributed by atoms with van der Waals surface area (Å²) in [5.74, 6) is -8.33. The Balaban J connectivity index is 1.13. The van der Waals surface area contributed by atoms with E-state index in [2.05, 4.69) is 67.9 Å². The van der Waals surface area contributed by atoms with Gasteiger partial charge in [0.25, 0.3) is 0 Å². The molecule has 128 heavy (non-hydrogen) atoms. The van der Waals surface area contributed by atoms with Crippen LogP contribution in [-0.4, -0.2) is 270 Å². The summed E-state index contributed by atoms with van der Waals surface area (Å²) in [5, 5.41) is 14.3. The number of esters is 9. The largest absolute Gasteiger partial charge is 0.463 e. The fraction of sp³-hybridized carbons (Fsp3) is 0.637. The molecule has 3 heterocycles. The van der Waals surface area contributed by atoms with Crippen LogP contribution in [0.2, 0.25) is 0 Å². The maximum atomic E-state index is 14.8. The first-order valence-corrected chi connectivity index (χ1v) is 44.0. The lowest BCUT2D eigenvalue weighted by Crippen LogP contribution is -2.66. The molecule has 6 amide bonds. The number of hydrogen-bond acceptors (Lipinski definition) is 31.